The molecule has 0 aromatic carbocycles. The van der Waals surface area contributed by atoms with Gasteiger partial charge in [0.2, 0.25) is 0 Å². The van der Waals surface area contributed by atoms with Gasteiger partial charge in [0.05, 0.1) is 0 Å². The molecule has 0 aliphatic carbocycles. The Morgan fingerprint density at radius 3 is 3.12 bits per heavy atom. The Morgan fingerprint density at radius 1 is 1.44 bits per heavy atom. The van der Waals surface area contributed by atoms with Crippen molar-refractivity contribution >= 4 is 15.9 Å². The van der Waals surface area contributed by atoms with E-state index in [1.807, 2.05) is 18.5 Å². The molecule has 2 rings (SSSR count). The van der Waals surface area contributed by atoms with Crippen LogP contribution in [0.15, 0.2) is 24.5 Å². The summed E-state index contributed by atoms with van der Waals surface area (Å²) in [4.78, 5) is 6.80. The van der Waals surface area contributed by atoms with Gasteiger partial charge in [-0.1, -0.05) is 28.4 Å². The molecule has 1 fully saturated rings. The molecule has 0 amide bonds. The zero-order chi connectivity index (χ0) is 11.2. The molecule has 3 heteroatoms. The zero-order valence-corrected chi connectivity index (χ0v) is 11.2. The van der Waals surface area contributed by atoms with Crippen molar-refractivity contribution in [1.82, 2.24) is 9.88 Å². The van der Waals surface area contributed by atoms with Crippen LogP contribution < -0.4 is 0 Å². The van der Waals surface area contributed by atoms with Crippen LogP contribution in [-0.4, -0.2) is 27.8 Å². The third kappa shape index (κ3) is 3.29. The van der Waals surface area contributed by atoms with E-state index in [1.54, 1.807) is 0 Å². The van der Waals surface area contributed by atoms with Gasteiger partial charge in [-0.25, -0.2) is 0 Å². The van der Waals surface area contributed by atoms with Crippen molar-refractivity contribution in [2.45, 2.75) is 38.3 Å². The highest BCUT2D eigenvalue weighted by Crippen LogP contribution is 2.22. The summed E-state index contributed by atoms with van der Waals surface area (Å²) in [5.74, 6) is 0. The maximum absolute atomic E-state index is 4.19. The quantitative estimate of drug-likeness (QED) is 0.789. The maximum atomic E-state index is 4.19. The van der Waals surface area contributed by atoms with Crippen LogP contribution in [0.2, 0.25) is 0 Å². The van der Waals surface area contributed by atoms with Crippen molar-refractivity contribution in [3.63, 3.8) is 0 Å². The van der Waals surface area contributed by atoms with Crippen molar-refractivity contribution in [2.75, 3.05) is 11.9 Å². The van der Waals surface area contributed by atoms with Gasteiger partial charge in [-0.05, 0) is 37.4 Å². The van der Waals surface area contributed by atoms with Crippen molar-refractivity contribution in [3.05, 3.63) is 30.1 Å². The van der Waals surface area contributed by atoms with Gasteiger partial charge in [-0.15, -0.1) is 0 Å². The molecule has 2 nitrogen and oxygen atoms in total. The topological polar surface area (TPSA) is 16.1 Å². The Bertz CT molecular complexity index is 300. The second-order valence-corrected chi connectivity index (χ2v) is 5.25. The van der Waals surface area contributed by atoms with Gasteiger partial charge >= 0.3 is 0 Å². The lowest BCUT2D eigenvalue weighted by Crippen LogP contribution is -2.39. The highest BCUT2D eigenvalue weighted by atomic mass is 79.9. The van der Waals surface area contributed by atoms with Crippen LogP contribution in [0.1, 0.15) is 31.2 Å². The highest BCUT2D eigenvalue weighted by molar-refractivity contribution is 9.09. The minimum atomic E-state index is 0.758. The predicted octanol–water partition coefficient (Wildman–Crippen LogP) is 3.22. The predicted molar refractivity (Wildman–Crippen MR) is 70.7 cm³/mol. The first kappa shape index (κ1) is 12.1. The van der Waals surface area contributed by atoms with Gasteiger partial charge in [-0.2, -0.15) is 0 Å². The molecule has 2 heterocycles. The monoisotopic (exact) mass is 282 g/mol. The average molecular weight is 283 g/mol. The SMILES string of the molecule is BrCCC1CCCCN1Cc1cccnc1. The van der Waals surface area contributed by atoms with E-state index in [-0.39, 0.29) is 0 Å². The van der Waals surface area contributed by atoms with Crippen LogP contribution in [0.4, 0.5) is 0 Å². The molecule has 0 spiro atoms. The summed E-state index contributed by atoms with van der Waals surface area (Å²) < 4.78 is 0. The van der Waals surface area contributed by atoms with Crippen LogP contribution >= 0.6 is 15.9 Å². The Labute approximate surface area is 106 Å². The summed E-state index contributed by atoms with van der Waals surface area (Å²) in [6, 6.07) is 4.96. The van der Waals surface area contributed by atoms with Gasteiger partial charge in [-0.3, -0.25) is 9.88 Å². The molecular formula is C13H19BrN2. The normalized spacial score (nSPS) is 22.2. The molecule has 88 valence electrons. The molecule has 0 saturated carbocycles. The van der Waals surface area contributed by atoms with Crippen LogP contribution in [-0.2, 0) is 6.54 Å². The molecular weight excluding hydrogens is 264 g/mol. The fourth-order valence-electron chi connectivity index (χ4n) is 2.45. The standard InChI is InChI=1S/C13H19BrN2/c14-7-6-13-5-1-2-9-16(13)11-12-4-3-8-15-10-12/h3-4,8,10,13H,1-2,5-7,9,11H2. The second kappa shape index (κ2) is 6.36. The summed E-state index contributed by atoms with van der Waals surface area (Å²) in [5.41, 5.74) is 1.34. The molecule has 16 heavy (non-hydrogen) atoms. The van der Waals surface area contributed by atoms with Crippen LogP contribution in [0, 0.1) is 0 Å². The number of likely N-dealkylation sites (tertiary alicyclic amines) is 1. The van der Waals surface area contributed by atoms with Gasteiger partial charge in [0.25, 0.3) is 0 Å². The third-order valence-electron chi connectivity index (χ3n) is 3.30. The molecule has 1 aliphatic rings. The third-order valence-corrected chi connectivity index (χ3v) is 3.76. The molecule has 1 aromatic rings. The molecule has 0 bridgehead atoms. The summed E-state index contributed by atoms with van der Waals surface area (Å²) in [6.45, 7) is 2.30. The second-order valence-electron chi connectivity index (χ2n) is 4.46. The Balaban J connectivity index is 1.96. The molecule has 1 aliphatic heterocycles. The van der Waals surface area contributed by atoms with Gasteiger partial charge in [0.15, 0.2) is 0 Å². The summed E-state index contributed by atoms with van der Waals surface area (Å²) in [6.07, 6.45) is 9.18. The first-order valence-corrected chi connectivity index (χ1v) is 7.21. The van der Waals surface area contributed by atoms with Crippen LogP contribution in [0.3, 0.4) is 0 Å². The smallest absolute Gasteiger partial charge is 0.0312 e. The fourth-order valence-corrected chi connectivity index (χ4v) is 2.98. The number of piperidine rings is 1. The lowest BCUT2D eigenvalue weighted by Gasteiger charge is -2.35. The van der Waals surface area contributed by atoms with Crippen molar-refractivity contribution in [3.8, 4) is 0 Å². The minimum Gasteiger partial charge on any atom is -0.296 e. The largest absolute Gasteiger partial charge is 0.296 e. The molecule has 1 unspecified atom stereocenters. The average Bonchev–Trinajstić information content (AvgIpc) is 2.33. The van der Waals surface area contributed by atoms with Gasteiger partial charge in [0.1, 0.15) is 0 Å². The number of aromatic nitrogens is 1. The Hall–Kier alpha value is -0.410. The van der Waals surface area contributed by atoms with E-state index in [1.165, 1.54) is 37.8 Å². The molecule has 0 N–H and O–H groups in total. The van der Waals surface area contributed by atoms with Crippen molar-refractivity contribution in [2.24, 2.45) is 0 Å². The number of rotatable bonds is 4. The zero-order valence-electron chi connectivity index (χ0n) is 9.61. The van der Waals surface area contributed by atoms with E-state index in [2.05, 4.69) is 31.9 Å². The van der Waals surface area contributed by atoms with E-state index in [4.69, 9.17) is 0 Å². The van der Waals surface area contributed by atoms with E-state index < -0.39 is 0 Å². The first-order chi connectivity index (χ1) is 7.90. The summed E-state index contributed by atoms with van der Waals surface area (Å²) in [7, 11) is 0. The molecule has 0 radical (unpaired) electrons. The number of hydrogen-bond acceptors (Lipinski definition) is 2. The van der Waals surface area contributed by atoms with Crippen LogP contribution in [0.25, 0.3) is 0 Å². The lowest BCUT2D eigenvalue weighted by molar-refractivity contribution is 0.137. The van der Waals surface area contributed by atoms with E-state index in [9.17, 15) is 0 Å². The number of pyridine rings is 1. The number of alkyl halides is 1. The highest BCUT2D eigenvalue weighted by Gasteiger charge is 2.21. The summed E-state index contributed by atoms with van der Waals surface area (Å²) >= 11 is 3.56. The Kier molecular flexibility index (Phi) is 4.79. The number of halogens is 1. The molecule has 1 saturated heterocycles. The maximum Gasteiger partial charge on any atom is 0.0312 e. The van der Waals surface area contributed by atoms with E-state index >= 15 is 0 Å². The van der Waals surface area contributed by atoms with E-state index in [0.29, 0.717) is 0 Å². The molecule has 1 aromatic heterocycles. The lowest BCUT2D eigenvalue weighted by atomic mass is 9.99. The van der Waals surface area contributed by atoms with Crippen molar-refractivity contribution < 1.29 is 0 Å². The minimum absolute atomic E-state index is 0.758. The molecule has 1 atom stereocenters. The van der Waals surface area contributed by atoms with Gasteiger partial charge in [0, 0.05) is 30.3 Å². The van der Waals surface area contributed by atoms with E-state index in [0.717, 1.165) is 17.9 Å². The van der Waals surface area contributed by atoms with Crippen molar-refractivity contribution in [1.29, 1.82) is 0 Å². The number of hydrogen-bond donors (Lipinski definition) is 0. The Morgan fingerprint density at radius 2 is 2.38 bits per heavy atom. The first-order valence-electron chi connectivity index (χ1n) is 6.09. The van der Waals surface area contributed by atoms with Crippen LogP contribution in [0.5, 0.6) is 0 Å². The summed E-state index contributed by atoms with van der Waals surface area (Å²) in [5, 5.41) is 1.11. The number of nitrogens with zero attached hydrogens (tertiary/aromatic N) is 2. The van der Waals surface area contributed by atoms with Gasteiger partial charge < -0.3 is 0 Å². The fraction of sp³-hybridized carbons (Fsp3) is 0.615.